The van der Waals surface area contributed by atoms with E-state index in [1.54, 1.807) is 7.05 Å². The summed E-state index contributed by atoms with van der Waals surface area (Å²) in [5, 5.41) is 3.27. The zero-order valence-corrected chi connectivity index (χ0v) is 19.4. The maximum absolute atomic E-state index is 13.2. The minimum Gasteiger partial charge on any atom is -0.492 e. The lowest BCUT2D eigenvalue weighted by molar-refractivity contribution is 0.00100. The van der Waals surface area contributed by atoms with Crippen molar-refractivity contribution in [3.8, 4) is 5.75 Å². The third kappa shape index (κ3) is 7.55. The lowest BCUT2D eigenvalue weighted by atomic mass is 10.1. The standard InChI is InChI=1S/C21H31F2N3O2.HI/c1-24-21(25-10-13-27-18-6-7-19(22)20(23)14-18)26-11-8-17(9-12-26)28-15-16-4-2-3-5-16;/h6-7,14,16-17H,2-5,8-13,15H2,1H3,(H,24,25);1H. The van der Waals surface area contributed by atoms with Crippen LogP contribution in [0.3, 0.4) is 0 Å². The van der Waals surface area contributed by atoms with E-state index in [1.165, 1.54) is 31.7 Å². The number of guanidine groups is 1. The van der Waals surface area contributed by atoms with Gasteiger partial charge in [-0.25, -0.2) is 8.78 Å². The summed E-state index contributed by atoms with van der Waals surface area (Å²) in [5.74, 6) is 0.141. The zero-order chi connectivity index (χ0) is 19.8. The molecule has 1 saturated heterocycles. The summed E-state index contributed by atoms with van der Waals surface area (Å²) >= 11 is 0. The van der Waals surface area contributed by atoms with Gasteiger partial charge in [-0.2, -0.15) is 0 Å². The lowest BCUT2D eigenvalue weighted by Crippen LogP contribution is -2.47. The minimum atomic E-state index is -0.903. The first-order valence-corrected chi connectivity index (χ1v) is 10.3. The molecule has 1 aliphatic carbocycles. The van der Waals surface area contributed by atoms with Crippen molar-refractivity contribution in [1.82, 2.24) is 10.2 Å². The van der Waals surface area contributed by atoms with Crippen molar-refractivity contribution in [3.63, 3.8) is 0 Å². The number of benzene rings is 1. The first-order valence-electron chi connectivity index (χ1n) is 10.3. The molecular formula is C21H32F2IN3O2. The summed E-state index contributed by atoms with van der Waals surface area (Å²) in [4.78, 5) is 6.57. The summed E-state index contributed by atoms with van der Waals surface area (Å²) in [6.45, 7) is 3.62. The van der Waals surface area contributed by atoms with Gasteiger partial charge >= 0.3 is 0 Å². The van der Waals surface area contributed by atoms with Gasteiger partial charge in [0.2, 0.25) is 0 Å². The van der Waals surface area contributed by atoms with Crippen LogP contribution in [0.2, 0.25) is 0 Å². The normalized spacial score (nSPS) is 18.6. The molecule has 5 nitrogen and oxygen atoms in total. The third-order valence-electron chi connectivity index (χ3n) is 5.54. The van der Waals surface area contributed by atoms with E-state index < -0.39 is 11.6 Å². The number of hydrogen-bond acceptors (Lipinski definition) is 3. The van der Waals surface area contributed by atoms with Crippen LogP contribution in [-0.2, 0) is 4.74 Å². The van der Waals surface area contributed by atoms with Crippen LogP contribution in [0, 0.1) is 17.6 Å². The Hall–Kier alpha value is -1.16. The van der Waals surface area contributed by atoms with E-state index in [2.05, 4.69) is 15.2 Å². The van der Waals surface area contributed by atoms with Crippen LogP contribution >= 0.6 is 24.0 Å². The molecule has 3 rings (SSSR count). The summed E-state index contributed by atoms with van der Waals surface area (Å²) in [5.41, 5.74) is 0. The number of ether oxygens (including phenoxy) is 2. The molecule has 1 aromatic carbocycles. The van der Waals surface area contributed by atoms with Crippen LogP contribution in [0.1, 0.15) is 38.5 Å². The molecule has 2 fully saturated rings. The van der Waals surface area contributed by atoms with E-state index in [1.807, 2.05) is 0 Å². The smallest absolute Gasteiger partial charge is 0.193 e. The molecule has 1 heterocycles. The first-order chi connectivity index (χ1) is 13.7. The predicted molar refractivity (Wildman–Crippen MR) is 121 cm³/mol. The number of likely N-dealkylation sites (tertiary alicyclic amines) is 1. The maximum atomic E-state index is 13.2. The molecule has 164 valence electrons. The number of piperidine rings is 1. The molecule has 0 spiro atoms. The molecule has 8 heteroatoms. The fraction of sp³-hybridized carbons (Fsp3) is 0.667. The highest BCUT2D eigenvalue weighted by atomic mass is 127. The molecule has 0 aromatic heterocycles. The second kappa shape index (κ2) is 12.5. The average Bonchev–Trinajstić information content (AvgIpc) is 3.23. The van der Waals surface area contributed by atoms with Crippen molar-refractivity contribution < 1.29 is 18.3 Å². The number of halogens is 3. The van der Waals surface area contributed by atoms with Gasteiger partial charge in [0.15, 0.2) is 17.6 Å². The van der Waals surface area contributed by atoms with Crippen molar-refractivity contribution in [1.29, 1.82) is 0 Å². The number of nitrogens with one attached hydrogen (secondary N) is 1. The van der Waals surface area contributed by atoms with Gasteiger partial charge in [-0.3, -0.25) is 4.99 Å². The van der Waals surface area contributed by atoms with E-state index >= 15 is 0 Å². The Morgan fingerprint density at radius 1 is 1.14 bits per heavy atom. The Bertz CT molecular complexity index is 649. The van der Waals surface area contributed by atoms with Crippen molar-refractivity contribution >= 4 is 29.9 Å². The molecule has 0 atom stereocenters. The number of hydrogen-bond donors (Lipinski definition) is 1. The molecule has 0 radical (unpaired) electrons. The van der Waals surface area contributed by atoms with Crippen LogP contribution in [0.25, 0.3) is 0 Å². The monoisotopic (exact) mass is 523 g/mol. The van der Waals surface area contributed by atoms with Gasteiger partial charge in [0, 0.05) is 32.8 Å². The highest BCUT2D eigenvalue weighted by molar-refractivity contribution is 14.0. The maximum Gasteiger partial charge on any atom is 0.193 e. The summed E-state index contributed by atoms with van der Waals surface area (Å²) in [6, 6.07) is 3.54. The fourth-order valence-electron chi connectivity index (χ4n) is 3.91. The van der Waals surface area contributed by atoms with Gasteiger partial charge in [0.25, 0.3) is 0 Å². The third-order valence-corrected chi connectivity index (χ3v) is 5.54. The summed E-state index contributed by atoms with van der Waals surface area (Å²) < 4.78 is 37.7. The molecule has 1 saturated carbocycles. The number of rotatable bonds is 7. The molecular weight excluding hydrogens is 491 g/mol. The van der Waals surface area contributed by atoms with E-state index in [0.29, 0.717) is 25.0 Å². The molecule has 1 aliphatic heterocycles. The molecule has 0 bridgehead atoms. The van der Waals surface area contributed by atoms with Crippen LogP contribution in [0.5, 0.6) is 5.75 Å². The Kier molecular flexibility index (Phi) is 10.4. The molecule has 0 amide bonds. The van der Waals surface area contributed by atoms with Crippen molar-refractivity contribution in [3.05, 3.63) is 29.8 Å². The van der Waals surface area contributed by atoms with Gasteiger partial charge < -0.3 is 19.7 Å². The largest absolute Gasteiger partial charge is 0.492 e. The van der Waals surface area contributed by atoms with E-state index in [9.17, 15) is 8.78 Å². The summed E-state index contributed by atoms with van der Waals surface area (Å²) in [6.07, 6.45) is 7.73. The van der Waals surface area contributed by atoms with Gasteiger partial charge in [-0.05, 0) is 43.7 Å². The SMILES string of the molecule is CN=C(NCCOc1ccc(F)c(F)c1)N1CCC(OCC2CCCC2)CC1.I. The highest BCUT2D eigenvalue weighted by Crippen LogP contribution is 2.26. The van der Waals surface area contributed by atoms with E-state index in [4.69, 9.17) is 9.47 Å². The van der Waals surface area contributed by atoms with Gasteiger partial charge in [0.05, 0.1) is 12.6 Å². The molecule has 1 N–H and O–H groups in total. The summed E-state index contributed by atoms with van der Waals surface area (Å²) in [7, 11) is 1.77. The van der Waals surface area contributed by atoms with Crippen LogP contribution in [0.15, 0.2) is 23.2 Å². The van der Waals surface area contributed by atoms with Crippen LogP contribution in [-0.4, -0.2) is 56.9 Å². The second-order valence-electron chi connectivity index (χ2n) is 7.57. The van der Waals surface area contributed by atoms with Gasteiger partial charge in [-0.1, -0.05) is 12.8 Å². The number of nitrogens with zero attached hydrogens (tertiary/aromatic N) is 2. The fourth-order valence-corrected chi connectivity index (χ4v) is 3.91. The molecule has 0 unspecified atom stereocenters. The second-order valence-corrected chi connectivity index (χ2v) is 7.57. The van der Waals surface area contributed by atoms with Crippen molar-refractivity contribution in [2.75, 3.05) is 39.9 Å². The Morgan fingerprint density at radius 2 is 1.86 bits per heavy atom. The predicted octanol–water partition coefficient (Wildman–Crippen LogP) is 4.21. The van der Waals surface area contributed by atoms with E-state index in [0.717, 1.165) is 56.5 Å². The van der Waals surface area contributed by atoms with Gasteiger partial charge in [-0.15, -0.1) is 24.0 Å². The Balaban J connectivity index is 0.00000300. The number of aliphatic imine (C=N–C) groups is 1. The van der Waals surface area contributed by atoms with Crippen molar-refractivity contribution in [2.45, 2.75) is 44.6 Å². The topological polar surface area (TPSA) is 46.1 Å². The van der Waals surface area contributed by atoms with E-state index in [-0.39, 0.29) is 24.0 Å². The minimum absolute atomic E-state index is 0. The van der Waals surface area contributed by atoms with Crippen LogP contribution < -0.4 is 10.1 Å². The van der Waals surface area contributed by atoms with Gasteiger partial charge in [0.1, 0.15) is 12.4 Å². The Labute approximate surface area is 189 Å². The lowest BCUT2D eigenvalue weighted by Gasteiger charge is -2.34. The quantitative estimate of drug-likeness (QED) is 0.252. The Morgan fingerprint density at radius 3 is 2.52 bits per heavy atom. The zero-order valence-electron chi connectivity index (χ0n) is 17.0. The average molecular weight is 523 g/mol. The van der Waals surface area contributed by atoms with Crippen LogP contribution in [0.4, 0.5) is 8.78 Å². The van der Waals surface area contributed by atoms with Crippen molar-refractivity contribution in [2.24, 2.45) is 10.9 Å². The first kappa shape index (κ1) is 24.1. The molecule has 29 heavy (non-hydrogen) atoms. The molecule has 2 aliphatic rings. The highest BCUT2D eigenvalue weighted by Gasteiger charge is 2.23. The molecule has 1 aromatic rings.